The van der Waals surface area contributed by atoms with Crippen molar-refractivity contribution in [3.05, 3.63) is 134 Å². The average molecular weight is 685 g/mol. The Balaban J connectivity index is 0.000000142. The summed E-state index contributed by atoms with van der Waals surface area (Å²) in [6.45, 7) is 8.22. The van der Waals surface area contributed by atoms with Crippen molar-refractivity contribution in [2.45, 2.75) is 38.9 Å². The second kappa shape index (κ2) is 13.3. The molecule has 0 spiro atoms. The third kappa shape index (κ3) is 7.04. The van der Waals surface area contributed by atoms with E-state index in [0.717, 1.165) is 33.0 Å². The SMILES string of the molecule is CC1(C)OB(c2ccc3ccoc3c2)OC1(C)C.O=[N+]([O-])c1ccccc1-c1ccc2ccoc2c1.O=[N+]([O-])c1ccccc1Br. The van der Waals surface area contributed by atoms with Crippen LogP contribution in [0.25, 0.3) is 33.1 Å². The van der Waals surface area contributed by atoms with Gasteiger partial charge in [-0.15, -0.1) is 0 Å². The van der Waals surface area contributed by atoms with Gasteiger partial charge in [0, 0.05) is 22.9 Å². The second-order valence-electron chi connectivity index (χ2n) is 11.5. The Morgan fingerprint density at radius 3 is 1.74 bits per heavy atom. The molecule has 10 nitrogen and oxygen atoms in total. The van der Waals surface area contributed by atoms with E-state index in [1.165, 1.54) is 12.1 Å². The summed E-state index contributed by atoms with van der Waals surface area (Å²) in [4.78, 5) is 20.4. The Morgan fingerprint density at radius 1 is 0.652 bits per heavy atom. The van der Waals surface area contributed by atoms with Crippen LogP contribution in [0.5, 0.6) is 0 Å². The minimum atomic E-state index is -0.427. The van der Waals surface area contributed by atoms with Gasteiger partial charge in [-0.2, -0.15) is 0 Å². The van der Waals surface area contributed by atoms with Crippen molar-refractivity contribution in [3.8, 4) is 11.1 Å². The van der Waals surface area contributed by atoms with Crippen LogP contribution in [0.3, 0.4) is 0 Å². The van der Waals surface area contributed by atoms with Gasteiger partial charge in [-0.05, 0) is 91.0 Å². The molecule has 3 heterocycles. The van der Waals surface area contributed by atoms with Crippen LogP contribution < -0.4 is 5.46 Å². The van der Waals surface area contributed by atoms with Gasteiger partial charge in [-0.3, -0.25) is 20.2 Å². The van der Waals surface area contributed by atoms with Crippen molar-refractivity contribution in [2.75, 3.05) is 0 Å². The summed E-state index contributed by atoms with van der Waals surface area (Å²) in [5, 5.41) is 23.3. The lowest BCUT2D eigenvalue weighted by molar-refractivity contribution is -0.385. The van der Waals surface area contributed by atoms with E-state index in [1.54, 1.807) is 48.9 Å². The first-order chi connectivity index (χ1) is 21.9. The standard InChI is InChI=1S/C14H17BO3.C14H9NO3.C6H4BrNO2/c1-13(2)14(3,4)18-15(17-13)11-6-5-10-7-8-16-12(10)9-11;16-15(17)13-4-2-1-3-12(13)11-6-5-10-7-8-18-14(10)9-11;7-5-3-1-2-4-6(5)8(9)10/h5-9H,1-4H3;1-9H;1-4H. The number of furan rings is 2. The summed E-state index contributed by atoms with van der Waals surface area (Å²) in [5.41, 5.74) is 3.55. The number of fused-ring (bicyclic) bond motifs is 2. The molecule has 0 N–H and O–H groups in total. The first-order valence-electron chi connectivity index (χ1n) is 14.3. The molecular weight excluding hydrogens is 655 g/mol. The van der Waals surface area contributed by atoms with Gasteiger partial charge in [0.15, 0.2) is 0 Å². The van der Waals surface area contributed by atoms with Gasteiger partial charge in [0.2, 0.25) is 0 Å². The zero-order chi connectivity index (χ0) is 33.1. The lowest BCUT2D eigenvalue weighted by Crippen LogP contribution is -2.41. The van der Waals surface area contributed by atoms with Gasteiger partial charge in [0.05, 0.1) is 43.6 Å². The van der Waals surface area contributed by atoms with Crippen LogP contribution in [0.4, 0.5) is 11.4 Å². The Bertz CT molecular complexity index is 2000. The molecule has 0 aliphatic carbocycles. The van der Waals surface area contributed by atoms with Crippen LogP contribution in [0.2, 0.25) is 0 Å². The van der Waals surface area contributed by atoms with Crippen molar-refractivity contribution in [1.29, 1.82) is 0 Å². The van der Waals surface area contributed by atoms with Gasteiger partial charge < -0.3 is 18.1 Å². The van der Waals surface area contributed by atoms with E-state index in [1.807, 2.05) is 48.5 Å². The third-order valence-electron chi connectivity index (χ3n) is 7.92. The maximum atomic E-state index is 11.0. The fourth-order valence-electron chi connectivity index (χ4n) is 4.70. The van der Waals surface area contributed by atoms with Gasteiger partial charge in [0.25, 0.3) is 11.4 Å². The van der Waals surface area contributed by atoms with Crippen LogP contribution in [-0.4, -0.2) is 28.2 Å². The fraction of sp³-hybridized carbons (Fsp3) is 0.176. The van der Waals surface area contributed by atoms with Crippen molar-refractivity contribution in [1.82, 2.24) is 0 Å². The molecule has 7 rings (SSSR count). The topological polar surface area (TPSA) is 131 Å². The predicted octanol–water partition coefficient (Wildman–Crippen LogP) is 9.10. The highest BCUT2D eigenvalue weighted by Crippen LogP contribution is 2.37. The van der Waals surface area contributed by atoms with Gasteiger partial charge in [-0.25, -0.2) is 0 Å². The highest BCUT2D eigenvalue weighted by molar-refractivity contribution is 9.10. The molecule has 0 unspecified atom stereocenters. The number of nitrogens with zero attached hydrogens (tertiary/aromatic N) is 2. The maximum absolute atomic E-state index is 11.0. The van der Waals surface area contributed by atoms with Crippen molar-refractivity contribution in [3.63, 3.8) is 0 Å². The maximum Gasteiger partial charge on any atom is 0.494 e. The van der Waals surface area contributed by atoms with Gasteiger partial charge in [-0.1, -0.05) is 48.5 Å². The van der Waals surface area contributed by atoms with Crippen LogP contribution >= 0.6 is 15.9 Å². The Morgan fingerprint density at radius 2 is 1.17 bits per heavy atom. The molecule has 1 fully saturated rings. The molecule has 0 saturated carbocycles. The highest BCUT2D eigenvalue weighted by atomic mass is 79.9. The van der Waals surface area contributed by atoms with Gasteiger partial charge >= 0.3 is 7.12 Å². The van der Waals surface area contributed by atoms with Crippen LogP contribution in [0, 0.1) is 20.2 Å². The summed E-state index contributed by atoms with van der Waals surface area (Å²) >= 11 is 3.06. The summed E-state index contributed by atoms with van der Waals surface area (Å²) in [5.74, 6) is 0. The van der Waals surface area contributed by atoms with Crippen molar-refractivity contribution < 1.29 is 28.0 Å². The fourth-order valence-corrected chi connectivity index (χ4v) is 5.13. The smallest absolute Gasteiger partial charge is 0.464 e. The number of nitro groups is 2. The number of halogens is 1. The molecule has 4 aromatic carbocycles. The molecule has 46 heavy (non-hydrogen) atoms. The Labute approximate surface area is 273 Å². The molecule has 1 saturated heterocycles. The predicted molar refractivity (Wildman–Crippen MR) is 181 cm³/mol. The molecule has 0 amide bonds. The first kappa shape index (κ1) is 32.6. The number of rotatable bonds is 4. The van der Waals surface area contributed by atoms with E-state index < -0.39 is 4.92 Å². The molecule has 1 aliphatic rings. The highest BCUT2D eigenvalue weighted by Gasteiger charge is 2.51. The minimum Gasteiger partial charge on any atom is -0.464 e. The van der Waals surface area contributed by atoms with E-state index in [4.69, 9.17) is 18.1 Å². The number of nitro benzene ring substituents is 2. The minimum absolute atomic E-state index is 0.0995. The van der Waals surface area contributed by atoms with E-state index in [2.05, 4.69) is 43.6 Å². The number of hydrogen-bond acceptors (Lipinski definition) is 8. The molecule has 1 aliphatic heterocycles. The van der Waals surface area contributed by atoms with Crippen LogP contribution in [-0.2, 0) is 9.31 Å². The lowest BCUT2D eigenvalue weighted by atomic mass is 9.79. The Kier molecular flexibility index (Phi) is 9.43. The summed E-state index contributed by atoms with van der Waals surface area (Å²) in [6, 6.07) is 28.6. The normalized spacial score (nSPS) is 14.7. The van der Waals surface area contributed by atoms with E-state index >= 15 is 0 Å². The summed E-state index contributed by atoms with van der Waals surface area (Å²) < 4.78 is 23.3. The first-order valence-corrected chi connectivity index (χ1v) is 15.1. The van der Waals surface area contributed by atoms with E-state index in [-0.39, 0.29) is 34.6 Å². The van der Waals surface area contributed by atoms with E-state index in [9.17, 15) is 20.2 Å². The quantitative estimate of drug-likeness (QED) is 0.102. The molecule has 6 aromatic rings. The second-order valence-corrected chi connectivity index (χ2v) is 12.3. The molecule has 2 aromatic heterocycles. The summed E-state index contributed by atoms with van der Waals surface area (Å²) in [6.07, 6.45) is 3.30. The number of hydrogen-bond donors (Lipinski definition) is 0. The van der Waals surface area contributed by atoms with Crippen molar-refractivity contribution in [2.24, 2.45) is 0 Å². The zero-order valence-electron chi connectivity index (χ0n) is 25.5. The number of benzene rings is 4. The molecule has 12 heteroatoms. The van der Waals surface area contributed by atoms with Crippen LogP contribution in [0.15, 0.2) is 123 Å². The van der Waals surface area contributed by atoms with E-state index in [0.29, 0.717) is 10.0 Å². The van der Waals surface area contributed by atoms with Gasteiger partial charge in [0.1, 0.15) is 11.2 Å². The van der Waals surface area contributed by atoms with Crippen molar-refractivity contribution >= 4 is 61.8 Å². The zero-order valence-corrected chi connectivity index (χ0v) is 27.1. The molecule has 0 bridgehead atoms. The largest absolute Gasteiger partial charge is 0.494 e. The third-order valence-corrected chi connectivity index (χ3v) is 8.59. The van der Waals surface area contributed by atoms with Crippen LogP contribution in [0.1, 0.15) is 27.7 Å². The monoisotopic (exact) mass is 684 g/mol. The summed E-state index contributed by atoms with van der Waals surface area (Å²) in [7, 11) is -0.329. The molecular formula is C34H30BBrN2O8. The average Bonchev–Trinajstić information content (AvgIpc) is 3.74. The molecule has 234 valence electrons. The lowest BCUT2D eigenvalue weighted by Gasteiger charge is -2.32. The molecule has 0 atom stereocenters. The Hall–Kier alpha value is -4.78. The number of para-hydroxylation sites is 2. The molecule has 0 radical (unpaired) electrons.